The van der Waals surface area contributed by atoms with Gasteiger partial charge in [-0.2, -0.15) is 0 Å². The molecule has 164 valence electrons. The van der Waals surface area contributed by atoms with Crippen LogP contribution in [0.15, 0.2) is 47.7 Å². The van der Waals surface area contributed by atoms with E-state index in [0.29, 0.717) is 43.5 Å². The van der Waals surface area contributed by atoms with Gasteiger partial charge in [0.15, 0.2) is 0 Å². The van der Waals surface area contributed by atoms with Crippen molar-refractivity contribution in [2.45, 2.75) is 25.3 Å². The normalized spacial score (nSPS) is 23.1. The van der Waals surface area contributed by atoms with Gasteiger partial charge in [-0.3, -0.25) is 9.59 Å². The monoisotopic (exact) mass is 432 g/mol. The van der Waals surface area contributed by atoms with Gasteiger partial charge in [-0.1, -0.05) is 0 Å². The van der Waals surface area contributed by atoms with E-state index in [0.717, 1.165) is 29.2 Å². The van der Waals surface area contributed by atoms with E-state index in [-0.39, 0.29) is 16.9 Å². The summed E-state index contributed by atoms with van der Waals surface area (Å²) in [5.41, 5.74) is 2.62. The number of hydrogen-bond acceptors (Lipinski definition) is 5. The summed E-state index contributed by atoms with van der Waals surface area (Å²) in [6, 6.07) is 9.37. The maximum Gasteiger partial charge on any atom is 0.275 e. The van der Waals surface area contributed by atoms with E-state index in [1.165, 1.54) is 0 Å². The molecule has 0 radical (unpaired) electrons. The summed E-state index contributed by atoms with van der Waals surface area (Å²) < 4.78 is 14.7. The van der Waals surface area contributed by atoms with Crippen LogP contribution in [-0.4, -0.2) is 51.7 Å². The van der Waals surface area contributed by atoms with Gasteiger partial charge in [-0.25, -0.2) is 4.98 Å². The number of methoxy groups -OCH3 is 1. The third-order valence-corrected chi connectivity index (χ3v) is 7.11. The molecule has 0 N–H and O–H groups in total. The van der Waals surface area contributed by atoms with Crippen molar-refractivity contribution < 1.29 is 14.3 Å². The van der Waals surface area contributed by atoms with E-state index in [4.69, 9.17) is 9.47 Å². The first kappa shape index (κ1) is 19.2. The molecule has 1 amide bonds. The molecule has 1 aromatic carbocycles. The smallest absolute Gasteiger partial charge is 0.275 e. The zero-order chi connectivity index (χ0) is 22.0. The van der Waals surface area contributed by atoms with Gasteiger partial charge in [0.1, 0.15) is 22.9 Å². The molecule has 0 saturated heterocycles. The number of nitrogens with zero attached hydrogens (tertiary/aromatic N) is 4. The maximum absolute atomic E-state index is 13.4. The summed E-state index contributed by atoms with van der Waals surface area (Å²) >= 11 is 0. The number of aryl methyl sites for hydroxylation is 1. The van der Waals surface area contributed by atoms with Crippen LogP contribution < -0.4 is 15.0 Å². The molecule has 2 aliphatic heterocycles. The Morgan fingerprint density at radius 1 is 1.22 bits per heavy atom. The Morgan fingerprint density at radius 2 is 2.09 bits per heavy atom. The van der Waals surface area contributed by atoms with Gasteiger partial charge in [0.25, 0.3) is 11.5 Å². The van der Waals surface area contributed by atoms with Crippen LogP contribution in [0.1, 0.15) is 28.2 Å². The second-order valence-electron chi connectivity index (χ2n) is 8.94. The van der Waals surface area contributed by atoms with Crippen LogP contribution >= 0.6 is 0 Å². The molecule has 1 saturated carbocycles. The first-order valence-corrected chi connectivity index (χ1v) is 10.9. The molecular formula is C24H24N4O4. The van der Waals surface area contributed by atoms with E-state index in [1.807, 2.05) is 36.2 Å². The van der Waals surface area contributed by atoms with Crippen molar-refractivity contribution in [3.05, 3.63) is 70.2 Å². The Balaban J connectivity index is 1.31. The summed E-state index contributed by atoms with van der Waals surface area (Å²) in [5.74, 6) is 1.97. The van der Waals surface area contributed by atoms with Crippen LogP contribution in [0.3, 0.4) is 0 Å². The van der Waals surface area contributed by atoms with Gasteiger partial charge >= 0.3 is 0 Å². The molecule has 0 spiro atoms. The lowest BCUT2D eigenvalue weighted by Gasteiger charge is -2.35. The van der Waals surface area contributed by atoms with Gasteiger partial charge in [-0.15, -0.1) is 0 Å². The predicted octanol–water partition coefficient (Wildman–Crippen LogP) is 2.16. The average molecular weight is 432 g/mol. The number of imidazole rings is 1. The van der Waals surface area contributed by atoms with Crippen LogP contribution in [0.2, 0.25) is 0 Å². The van der Waals surface area contributed by atoms with Gasteiger partial charge in [0.2, 0.25) is 0 Å². The van der Waals surface area contributed by atoms with Crippen LogP contribution in [0.5, 0.6) is 11.5 Å². The number of pyridine rings is 1. The molecule has 6 rings (SSSR count). The summed E-state index contributed by atoms with van der Waals surface area (Å²) in [5, 5.41) is 0. The number of ether oxygens (including phenoxy) is 2. The molecule has 1 aliphatic carbocycles. The van der Waals surface area contributed by atoms with Crippen molar-refractivity contribution >= 4 is 5.91 Å². The fraction of sp³-hybridized carbons (Fsp3) is 0.375. The predicted molar refractivity (Wildman–Crippen MR) is 117 cm³/mol. The molecule has 8 nitrogen and oxygen atoms in total. The van der Waals surface area contributed by atoms with Crippen molar-refractivity contribution in [3.63, 3.8) is 0 Å². The maximum atomic E-state index is 13.4. The Labute approximate surface area is 185 Å². The molecule has 4 heterocycles. The lowest BCUT2D eigenvalue weighted by Crippen LogP contribution is -2.48. The Morgan fingerprint density at radius 3 is 2.88 bits per heavy atom. The molecule has 32 heavy (non-hydrogen) atoms. The van der Waals surface area contributed by atoms with Gasteiger partial charge in [0.05, 0.1) is 25.7 Å². The van der Waals surface area contributed by atoms with E-state index in [2.05, 4.69) is 4.98 Å². The SMILES string of the molecule is COc1ccc2c(c1)C1(CN3CCn4c(ccc(-n5cnc(C)c5)c4=O)C3=O)C[C@@H]1CO2. The summed E-state index contributed by atoms with van der Waals surface area (Å²) in [6.45, 7) is 4.15. The summed E-state index contributed by atoms with van der Waals surface area (Å²) in [6.07, 6.45) is 4.42. The lowest BCUT2D eigenvalue weighted by atomic mass is 9.89. The third kappa shape index (κ3) is 2.71. The standard InChI is InChI=1S/C24H24N4O4/c1-15-11-27(14-25-15)19-4-5-20-22(29)26(7-8-28(20)23(19)30)13-24-10-16(24)12-32-21-6-3-17(31-2)9-18(21)24/h3-6,9,11,14,16H,7-8,10,12-13H2,1-2H3/t16-,24?/m1/s1. The number of rotatable bonds is 4. The molecule has 3 aromatic rings. The highest BCUT2D eigenvalue weighted by molar-refractivity contribution is 5.93. The van der Waals surface area contributed by atoms with Gasteiger partial charge in [0, 0.05) is 42.7 Å². The number of aromatic nitrogens is 3. The van der Waals surface area contributed by atoms with E-state index < -0.39 is 0 Å². The lowest BCUT2D eigenvalue weighted by molar-refractivity contribution is 0.0670. The topological polar surface area (TPSA) is 78.6 Å². The zero-order valence-corrected chi connectivity index (χ0v) is 18.1. The minimum Gasteiger partial charge on any atom is -0.497 e. The number of hydrogen-bond donors (Lipinski definition) is 0. The Kier molecular flexibility index (Phi) is 4.02. The molecular weight excluding hydrogens is 408 g/mol. The highest BCUT2D eigenvalue weighted by Gasteiger charge is 2.60. The van der Waals surface area contributed by atoms with Crippen molar-refractivity contribution in [2.24, 2.45) is 5.92 Å². The zero-order valence-electron chi connectivity index (χ0n) is 18.1. The highest BCUT2D eigenvalue weighted by atomic mass is 16.5. The molecule has 3 aliphatic rings. The quantitative estimate of drug-likeness (QED) is 0.631. The molecule has 1 unspecified atom stereocenters. The largest absolute Gasteiger partial charge is 0.497 e. The number of benzene rings is 1. The summed E-state index contributed by atoms with van der Waals surface area (Å²) in [7, 11) is 1.66. The minimum atomic E-state index is -0.170. The fourth-order valence-electron chi connectivity index (χ4n) is 5.25. The second-order valence-corrected chi connectivity index (χ2v) is 8.94. The summed E-state index contributed by atoms with van der Waals surface area (Å²) in [4.78, 5) is 32.6. The number of amides is 1. The fourth-order valence-corrected chi connectivity index (χ4v) is 5.25. The Bertz CT molecular complexity index is 1310. The molecule has 0 bridgehead atoms. The van der Waals surface area contributed by atoms with Crippen molar-refractivity contribution in [3.8, 4) is 17.2 Å². The van der Waals surface area contributed by atoms with E-state index in [1.54, 1.807) is 34.7 Å². The third-order valence-electron chi connectivity index (χ3n) is 7.11. The minimum absolute atomic E-state index is 0.0994. The Hall–Kier alpha value is -3.55. The van der Waals surface area contributed by atoms with Crippen molar-refractivity contribution in [1.82, 2.24) is 19.0 Å². The van der Waals surface area contributed by atoms with Crippen LogP contribution in [-0.2, 0) is 12.0 Å². The molecule has 2 atom stereocenters. The van der Waals surface area contributed by atoms with Gasteiger partial charge in [-0.05, 0) is 43.7 Å². The molecule has 8 heteroatoms. The van der Waals surface area contributed by atoms with E-state index >= 15 is 0 Å². The van der Waals surface area contributed by atoms with E-state index in [9.17, 15) is 9.59 Å². The first-order valence-electron chi connectivity index (χ1n) is 10.9. The van der Waals surface area contributed by atoms with Crippen molar-refractivity contribution in [2.75, 3.05) is 26.8 Å². The second kappa shape index (κ2) is 6.72. The van der Waals surface area contributed by atoms with Crippen LogP contribution in [0.25, 0.3) is 5.69 Å². The molecule has 2 aromatic heterocycles. The number of carbonyl (C=O) groups excluding carboxylic acids is 1. The number of fused-ring (bicyclic) bond motifs is 4. The van der Waals surface area contributed by atoms with Crippen LogP contribution in [0, 0.1) is 12.8 Å². The number of carbonyl (C=O) groups is 1. The first-order chi connectivity index (χ1) is 15.5. The van der Waals surface area contributed by atoms with Gasteiger partial charge < -0.3 is 23.5 Å². The average Bonchev–Trinajstić information content (AvgIpc) is 3.38. The van der Waals surface area contributed by atoms with Crippen molar-refractivity contribution in [1.29, 1.82) is 0 Å². The molecule has 1 fully saturated rings. The highest BCUT2D eigenvalue weighted by Crippen LogP contribution is 2.60. The van der Waals surface area contributed by atoms with Crippen LogP contribution in [0.4, 0.5) is 0 Å².